The smallest absolute Gasteiger partial charge is 0.379 e. The molecule has 3 aliphatic rings. The Hall–Kier alpha value is -2.97. The van der Waals surface area contributed by atoms with Gasteiger partial charge >= 0.3 is 6.18 Å². The highest BCUT2D eigenvalue weighted by atomic mass is 32.2. The summed E-state index contributed by atoms with van der Waals surface area (Å²) in [5.74, 6) is 1.06. The normalized spacial score (nSPS) is 23.0. The molecule has 2 saturated heterocycles. The van der Waals surface area contributed by atoms with E-state index in [-0.39, 0.29) is 22.7 Å². The second-order valence-electron chi connectivity index (χ2n) is 10.3. The molecule has 6 rings (SSSR count). The average Bonchev–Trinajstić information content (AvgIpc) is 3.29. The number of sulfone groups is 1. The molecule has 0 radical (unpaired) electrons. The molecule has 1 N–H and O–H groups in total. The van der Waals surface area contributed by atoms with Crippen LogP contribution < -0.4 is 10.2 Å². The zero-order chi connectivity index (χ0) is 27.4. The number of morpholine rings is 1. The molecule has 1 aromatic carbocycles. The minimum atomic E-state index is -4.49. The van der Waals surface area contributed by atoms with Gasteiger partial charge in [-0.1, -0.05) is 13.0 Å². The number of anilines is 2. The third-order valence-electron chi connectivity index (χ3n) is 7.89. The molecular formula is C25H30F3N7O3S. The summed E-state index contributed by atoms with van der Waals surface area (Å²) >= 11 is 0. The van der Waals surface area contributed by atoms with Gasteiger partial charge in [0.05, 0.1) is 41.3 Å². The SMILES string of the molecule is CCS(=O)(=O)[C@H]1C[C@H](Nc2nc(N3CC(N4CCOCC4)C3)c3cnn(-c4cccc(C(F)(F)F)c4)c3n2)C1. The Morgan fingerprint density at radius 2 is 1.87 bits per heavy atom. The lowest BCUT2D eigenvalue weighted by atomic mass is 9.92. The quantitative estimate of drug-likeness (QED) is 0.463. The number of nitrogens with one attached hydrogen (secondary N) is 1. The Bertz CT molecular complexity index is 1460. The fourth-order valence-corrected chi connectivity index (χ4v) is 6.92. The number of halogens is 3. The van der Waals surface area contributed by atoms with Crippen LogP contribution in [0.3, 0.4) is 0 Å². The van der Waals surface area contributed by atoms with E-state index in [9.17, 15) is 21.6 Å². The van der Waals surface area contributed by atoms with Crippen molar-refractivity contribution in [3.8, 4) is 5.69 Å². The lowest BCUT2D eigenvalue weighted by Gasteiger charge is -2.47. The summed E-state index contributed by atoms with van der Waals surface area (Å²) in [4.78, 5) is 13.9. The first-order valence-electron chi connectivity index (χ1n) is 13.1. The number of rotatable bonds is 7. The molecule has 210 valence electrons. The molecule has 10 nitrogen and oxygen atoms in total. The lowest BCUT2D eigenvalue weighted by Crippen LogP contribution is -2.61. The summed E-state index contributed by atoms with van der Waals surface area (Å²) in [6.07, 6.45) is -1.98. The van der Waals surface area contributed by atoms with E-state index in [1.54, 1.807) is 19.2 Å². The summed E-state index contributed by atoms with van der Waals surface area (Å²) in [5, 5.41) is 7.90. The first-order chi connectivity index (χ1) is 18.6. The Morgan fingerprint density at radius 3 is 2.56 bits per heavy atom. The van der Waals surface area contributed by atoms with Crippen LogP contribution in [0.2, 0.25) is 0 Å². The van der Waals surface area contributed by atoms with Crippen LogP contribution in [0.5, 0.6) is 0 Å². The van der Waals surface area contributed by atoms with E-state index in [2.05, 4.69) is 25.2 Å². The summed E-state index contributed by atoms with van der Waals surface area (Å²) in [6.45, 7) is 6.32. The highest BCUT2D eigenvalue weighted by molar-refractivity contribution is 7.92. The van der Waals surface area contributed by atoms with Crippen LogP contribution in [0.15, 0.2) is 30.5 Å². The highest BCUT2D eigenvalue weighted by Gasteiger charge is 2.39. The first kappa shape index (κ1) is 26.3. The number of hydrogen-bond donors (Lipinski definition) is 1. The van der Waals surface area contributed by atoms with E-state index in [1.165, 1.54) is 10.7 Å². The molecule has 4 heterocycles. The maximum Gasteiger partial charge on any atom is 0.416 e. The van der Waals surface area contributed by atoms with Gasteiger partial charge in [-0.2, -0.15) is 28.2 Å². The van der Waals surface area contributed by atoms with Gasteiger partial charge in [-0.05, 0) is 31.0 Å². The van der Waals surface area contributed by atoms with Crippen molar-refractivity contribution < 1.29 is 26.3 Å². The Kier molecular flexibility index (Phi) is 6.66. The van der Waals surface area contributed by atoms with Crippen LogP contribution in [0, 0.1) is 0 Å². The van der Waals surface area contributed by atoms with E-state index in [4.69, 9.17) is 9.72 Å². The predicted molar refractivity (Wildman–Crippen MR) is 140 cm³/mol. The standard InChI is InChI=1S/C25H30F3N7O3S/c1-2-39(36,37)20-11-17(12-20)30-24-31-22(34-14-19(15-34)33-6-8-38-9-7-33)21-13-29-35(23(21)32-24)18-5-3-4-16(10-18)25(26,27)28/h3-5,10,13,17,19-20H,2,6-9,11-12,14-15H2,1H3,(H,30,31,32)/t17-,20-. The largest absolute Gasteiger partial charge is 0.416 e. The molecule has 0 spiro atoms. The van der Waals surface area contributed by atoms with Crippen LogP contribution in [0.1, 0.15) is 25.3 Å². The summed E-state index contributed by atoms with van der Waals surface area (Å²) in [7, 11) is -3.11. The van der Waals surface area contributed by atoms with E-state index < -0.39 is 21.6 Å². The Balaban J connectivity index is 1.32. The van der Waals surface area contributed by atoms with Crippen molar-refractivity contribution in [3.63, 3.8) is 0 Å². The zero-order valence-corrected chi connectivity index (χ0v) is 22.2. The number of benzene rings is 1. The molecule has 1 aliphatic carbocycles. The molecule has 3 fully saturated rings. The van der Waals surface area contributed by atoms with Crippen LogP contribution in [-0.4, -0.2) is 95.5 Å². The van der Waals surface area contributed by atoms with Gasteiger partial charge in [0.25, 0.3) is 0 Å². The maximum absolute atomic E-state index is 13.4. The molecular weight excluding hydrogens is 535 g/mol. The van der Waals surface area contributed by atoms with E-state index >= 15 is 0 Å². The first-order valence-corrected chi connectivity index (χ1v) is 14.8. The number of nitrogens with zero attached hydrogens (tertiary/aromatic N) is 6. The summed E-state index contributed by atoms with van der Waals surface area (Å²) < 4.78 is 71.5. The fraction of sp³-hybridized carbons (Fsp3) is 0.560. The van der Waals surface area contributed by atoms with Crippen molar-refractivity contribution in [2.45, 2.75) is 43.3 Å². The van der Waals surface area contributed by atoms with Gasteiger partial charge in [-0.3, -0.25) is 4.90 Å². The van der Waals surface area contributed by atoms with Crippen molar-refractivity contribution >= 4 is 32.6 Å². The van der Waals surface area contributed by atoms with Gasteiger partial charge in [0.1, 0.15) is 5.82 Å². The molecule has 0 atom stereocenters. The van der Waals surface area contributed by atoms with E-state index in [0.717, 1.165) is 38.3 Å². The molecule has 0 amide bonds. The molecule has 39 heavy (non-hydrogen) atoms. The lowest BCUT2D eigenvalue weighted by molar-refractivity contribution is -0.137. The van der Waals surface area contributed by atoms with Gasteiger partial charge in [0.15, 0.2) is 15.5 Å². The summed E-state index contributed by atoms with van der Waals surface area (Å²) in [5.41, 5.74) is -0.151. The van der Waals surface area contributed by atoms with Crippen molar-refractivity contribution in [1.82, 2.24) is 24.6 Å². The Labute approximate surface area is 224 Å². The van der Waals surface area contributed by atoms with Crippen molar-refractivity contribution in [3.05, 3.63) is 36.0 Å². The van der Waals surface area contributed by atoms with Gasteiger partial charge < -0.3 is 15.0 Å². The van der Waals surface area contributed by atoms with Gasteiger partial charge in [0, 0.05) is 44.0 Å². The fourth-order valence-electron chi connectivity index (χ4n) is 5.40. The van der Waals surface area contributed by atoms with Crippen molar-refractivity contribution in [2.75, 3.05) is 55.4 Å². The molecule has 2 aromatic heterocycles. The monoisotopic (exact) mass is 565 g/mol. The number of ether oxygens (including phenoxy) is 1. The van der Waals surface area contributed by atoms with E-state index in [0.29, 0.717) is 54.9 Å². The minimum Gasteiger partial charge on any atom is -0.379 e. The van der Waals surface area contributed by atoms with Crippen LogP contribution in [-0.2, 0) is 20.8 Å². The average molecular weight is 566 g/mol. The summed E-state index contributed by atoms with van der Waals surface area (Å²) in [6, 6.07) is 5.22. The van der Waals surface area contributed by atoms with Crippen molar-refractivity contribution in [2.24, 2.45) is 0 Å². The van der Waals surface area contributed by atoms with E-state index in [1.807, 2.05) is 0 Å². The van der Waals surface area contributed by atoms with Crippen LogP contribution in [0.4, 0.5) is 24.9 Å². The maximum atomic E-state index is 13.4. The minimum absolute atomic E-state index is 0.104. The van der Waals surface area contributed by atoms with Crippen LogP contribution in [0.25, 0.3) is 16.7 Å². The molecule has 0 bridgehead atoms. The Morgan fingerprint density at radius 1 is 1.13 bits per heavy atom. The van der Waals surface area contributed by atoms with Gasteiger partial charge in [0.2, 0.25) is 5.95 Å². The van der Waals surface area contributed by atoms with Gasteiger partial charge in [-0.15, -0.1) is 0 Å². The topological polar surface area (TPSA) is 105 Å². The van der Waals surface area contributed by atoms with Gasteiger partial charge in [-0.25, -0.2) is 13.1 Å². The predicted octanol–water partition coefficient (Wildman–Crippen LogP) is 2.73. The second kappa shape index (κ2) is 9.89. The molecule has 0 unspecified atom stereocenters. The molecule has 14 heteroatoms. The van der Waals surface area contributed by atoms with Crippen molar-refractivity contribution in [1.29, 1.82) is 0 Å². The highest BCUT2D eigenvalue weighted by Crippen LogP contribution is 2.35. The molecule has 2 aliphatic heterocycles. The molecule has 3 aromatic rings. The number of fused-ring (bicyclic) bond motifs is 1. The number of aromatic nitrogens is 4. The van der Waals surface area contributed by atoms with Crippen LogP contribution >= 0.6 is 0 Å². The third kappa shape index (κ3) is 5.05. The zero-order valence-electron chi connectivity index (χ0n) is 21.4. The number of alkyl halides is 3. The third-order valence-corrected chi connectivity index (χ3v) is 10.1. The molecule has 1 saturated carbocycles. The second-order valence-corrected chi connectivity index (χ2v) is 12.9. The number of hydrogen-bond acceptors (Lipinski definition) is 9.